The van der Waals surface area contributed by atoms with Crippen LogP contribution in [0.4, 0.5) is 9.80 Å². The molecule has 2 fully saturated rings. The lowest BCUT2D eigenvalue weighted by Crippen LogP contribution is -2.48. The summed E-state index contributed by atoms with van der Waals surface area (Å²) in [5, 5.41) is 3.24. The number of nitrogens with zero attached hydrogens (tertiary/aromatic N) is 1. The topological polar surface area (TPSA) is 84.9 Å². The van der Waals surface area contributed by atoms with Crippen LogP contribution in [0.1, 0.15) is 71.5 Å². The number of likely N-dealkylation sites (tertiary alicyclic amines) is 1. The number of anilines is 1. The first-order valence-corrected chi connectivity index (χ1v) is 10.8. The maximum atomic E-state index is 13.0. The number of nitrogens with one attached hydrogen (secondary N) is 1. The van der Waals surface area contributed by atoms with Gasteiger partial charge in [-0.1, -0.05) is 6.42 Å². The number of ether oxygens (including phenoxy) is 2. The lowest BCUT2D eigenvalue weighted by atomic mass is 9.92. The van der Waals surface area contributed by atoms with Gasteiger partial charge in [0.2, 0.25) is 0 Å². The van der Waals surface area contributed by atoms with Gasteiger partial charge in [0.05, 0.1) is 18.8 Å². The lowest BCUT2D eigenvalue weighted by molar-refractivity contribution is 0.0527. The van der Waals surface area contributed by atoms with Crippen molar-refractivity contribution in [1.29, 1.82) is 0 Å². The summed E-state index contributed by atoms with van der Waals surface area (Å²) in [6, 6.07) is 0.0594. The van der Waals surface area contributed by atoms with E-state index in [1.54, 1.807) is 20.8 Å². The third-order valence-electron chi connectivity index (χ3n) is 5.56. The van der Waals surface area contributed by atoms with E-state index in [1.807, 2.05) is 4.90 Å². The molecule has 8 heteroatoms. The average molecular weight is 409 g/mol. The Morgan fingerprint density at radius 2 is 1.75 bits per heavy atom. The van der Waals surface area contributed by atoms with Gasteiger partial charge >= 0.3 is 18.0 Å². The molecule has 2 heterocycles. The Kier molecular flexibility index (Phi) is 6.59. The Morgan fingerprint density at radius 3 is 2.46 bits per heavy atom. The standard InChI is InChI=1S/C20H28N2O5S/c1-4-26-18(23)15-12(3)16(19(24)27-5-2)28-17(15)21-20(25)22-11-7-9-13-8-6-10-14(13)22/h13-14H,4-11H2,1-3H3,(H,21,25)/t13-,14-/m0/s1. The summed E-state index contributed by atoms with van der Waals surface area (Å²) >= 11 is 1.07. The second kappa shape index (κ2) is 8.94. The normalized spacial score (nSPS) is 21.2. The van der Waals surface area contributed by atoms with Gasteiger partial charge in [-0.25, -0.2) is 14.4 Å². The predicted octanol–water partition coefficient (Wildman–Crippen LogP) is 4.21. The number of urea groups is 1. The Bertz CT molecular complexity index is 760. The van der Waals surface area contributed by atoms with Crippen molar-refractivity contribution in [2.75, 3.05) is 25.1 Å². The van der Waals surface area contributed by atoms with E-state index < -0.39 is 11.9 Å². The molecule has 2 atom stereocenters. The van der Waals surface area contributed by atoms with Gasteiger partial charge in [-0.05, 0) is 57.9 Å². The molecule has 154 valence electrons. The van der Waals surface area contributed by atoms with E-state index in [-0.39, 0.29) is 30.9 Å². The number of hydrogen-bond donors (Lipinski definition) is 1. The molecule has 1 saturated heterocycles. The fourth-order valence-corrected chi connectivity index (χ4v) is 5.40. The van der Waals surface area contributed by atoms with Crippen LogP contribution in [-0.4, -0.2) is 48.7 Å². The summed E-state index contributed by atoms with van der Waals surface area (Å²) in [6.07, 6.45) is 5.52. The molecule has 1 aliphatic heterocycles. The van der Waals surface area contributed by atoms with Crippen LogP contribution < -0.4 is 5.32 Å². The van der Waals surface area contributed by atoms with Crippen molar-refractivity contribution < 1.29 is 23.9 Å². The average Bonchev–Trinajstić information content (AvgIpc) is 3.26. The molecule has 2 aliphatic rings. The summed E-state index contributed by atoms with van der Waals surface area (Å²) in [5.41, 5.74) is 0.720. The molecular weight excluding hydrogens is 380 g/mol. The molecule has 3 rings (SSSR count). The van der Waals surface area contributed by atoms with Crippen molar-refractivity contribution in [3.8, 4) is 0 Å². The number of piperidine rings is 1. The first-order valence-electron chi connectivity index (χ1n) is 10.0. The fourth-order valence-electron chi connectivity index (χ4n) is 4.32. The van der Waals surface area contributed by atoms with Gasteiger partial charge in [-0.15, -0.1) is 11.3 Å². The molecule has 0 aromatic carbocycles. The van der Waals surface area contributed by atoms with Crippen LogP contribution in [0.15, 0.2) is 0 Å². The molecule has 0 bridgehead atoms. The van der Waals surface area contributed by atoms with Crippen molar-refractivity contribution in [3.63, 3.8) is 0 Å². The Hall–Kier alpha value is -2.09. The van der Waals surface area contributed by atoms with Crippen molar-refractivity contribution in [2.45, 2.75) is 58.9 Å². The number of amides is 2. The van der Waals surface area contributed by atoms with Gasteiger partial charge in [0.15, 0.2) is 0 Å². The molecule has 28 heavy (non-hydrogen) atoms. The number of thiophene rings is 1. The minimum Gasteiger partial charge on any atom is -0.462 e. The molecule has 1 N–H and O–H groups in total. The van der Waals surface area contributed by atoms with E-state index in [0.717, 1.165) is 37.1 Å². The first-order chi connectivity index (χ1) is 13.5. The van der Waals surface area contributed by atoms with Crippen molar-refractivity contribution >= 4 is 34.3 Å². The molecule has 2 amide bonds. The molecule has 0 radical (unpaired) electrons. The van der Waals surface area contributed by atoms with Crippen molar-refractivity contribution in [2.24, 2.45) is 5.92 Å². The number of carbonyl (C=O) groups is 3. The minimum absolute atomic E-state index is 0.209. The minimum atomic E-state index is -0.542. The Balaban J connectivity index is 1.87. The maximum absolute atomic E-state index is 13.0. The van der Waals surface area contributed by atoms with E-state index >= 15 is 0 Å². The highest BCUT2D eigenvalue weighted by Gasteiger charge is 2.38. The SMILES string of the molecule is CCOC(=O)c1sc(NC(=O)N2CCC[C@@H]3CCC[C@@H]32)c(C(=O)OCC)c1C. The molecule has 1 aromatic rings. The van der Waals surface area contributed by atoms with E-state index in [0.29, 0.717) is 21.4 Å². The van der Waals surface area contributed by atoms with Crippen LogP contribution in [0.25, 0.3) is 0 Å². The zero-order chi connectivity index (χ0) is 20.3. The Labute approximate surface area is 169 Å². The largest absolute Gasteiger partial charge is 0.462 e. The van der Waals surface area contributed by atoms with E-state index in [2.05, 4.69) is 5.32 Å². The van der Waals surface area contributed by atoms with Crippen LogP contribution in [0.2, 0.25) is 0 Å². The van der Waals surface area contributed by atoms with Gasteiger partial charge < -0.3 is 14.4 Å². The summed E-state index contributed by atoms with van der Waals surface area (Å²) in [6.45, 7) is 6.30. The van der Waals surface area contributed by atoms with Gasteiger partial charge in [-0.3, -0.25) is 5.32 Å². The first kappa shape index (κ1) is 20.6. The van der Waals surface area contributed by atoms with Crippen LogP contribution in [0.3, 0.4) is 0 Å². The highest BCUT2D eigenvalue weighted by atomic mass is 32.1. The zero-order valence-electron chi connectivity index (χ0n) is 16.7. The monoisotopic (exact) mass is 408 g/mol. The van der Waals surface area contributed by atoms with Gasteiger partial charge in [0.1, 0.15) is 9.88 Å². The third kappa shape index (κ3) is 4.01. The number of carbonyl (C=O) groups excluding carboxylic acids is 3. The molecular formula is C20H28N2O5S. The quantitative estimate of drug-likeness (QED) is 0.738. The lowest BCUT2D eigenvalue weighted by Gasteiger charge is -2.37. The zero-order valence-corrected chi connectivity index (χ0v) is 17.5. The predicted molar refractivity (Wildman–Crippen MR) is 107 cm³/mol. The van der Waals surface area contributed by atoms with Crippen LogP contribution in [0.5, 0.6) is 0 Å². The highest BCUT2D eigenvalue weighted by Crippen LogP contribution is 2.38. The van der Waals surface area contributed by atoms with Crippen LogP contribution in [0, 0.1) is 12.8 Å². The van der Waals surface area contributed by atoms with E-state index in [1.165, 1.54) is 12.8 Å². The maximum Gasteiger partial charge on any atom is 0.348 e. The second-order valence-electron chi connectivity index (χ2n) is 7.23. The second-order valence-corrected chi connectivity index (χ2v) is 8.25. The summed E-state index contributed by atoms with van der Waals surface area (Å²) in [4.78, 5) is 40.0. The van der Waals surface area contributed by atoms with Crippen molar-refractivity contribution in [1.82, 2.24) is 4.90 Å². The number of hydrogen-bond acceptors (Lipinski definition) is 6. The summed E-state index contributed by atoms with van der Waals surface area (Å²) < 4.78 is 10.2. The van der Waals surface area contributed by atoms with Crippen LogP contribution >= 0.6 is 11.3 Å². The van der Waals surface area contributed by atoms with Gasteiger partial charge in [0, 0.05) is 12.6 Å². The van der Waals surface area contributed by atoms with E-state index in [9.17, 15) is 14.4 Å². The fraction of sp³-hybridized carbons (Fsp3) is 0.650. The molecule has 1 aromatic heterocycles. The molecule has 0 unspecified atom stereocenters. The molecule has 7 nitrogen and oxygen atoms in total. The Morgan fingerprint density at radius 1 is 1.07 bits per heavy atom. The highest BCUT2D eigenvalue weighted by molar-refractivity contribution is 7.18. The van der Waals surface area contributed by atoms with Gasteiger partial charge in [-0.2, -0.15) is 0 Å². The smallest absolute Gasteiger partial charge is 0.348 e. The summed E-state index contributed by atoms with van der Waals surface area (Å²) in [7, 11) is 0. The van der Waals surface area contributed by atoms with E-state index in [4.69, 9.17) is 9.47 Å². The third-order valence-corrected chi connectivity index (χ3v) is 6.75. The van der Waals surface area contributed by atoms with Gasteiger partial charge in [0.25, 0.3) is 0 Å². The number of esters is 2. The molecule has 1 aliphatic carbocycles. The molecule has 0 spiro atoms. The summed E-state index contributed by atoms with van der Waals surface area (Å²) in [5.74, 6) is -0.464. The van der Waals surface area contributed by atoms with Crippen molar-refractivity contribution in [3.05, 3.63) is 16.0 Å². The number of fused-ring (bicyclic) bond motifs is 1. The number of rotatable bonds is 5. The molecule has 1 saturated carbocycles. The van der Waals surface area contributed by atoms with Crippen LogP contribution in [-0.2, 0) is 9.47 Å².